The molecule has 2 N–H and O–H groups in total. The standard InChI is InChI=1S/C16H19N3O6S2/c1-12-7-9-14(10-8-12)26(22,23)17-11-13(2)18-27(24,25)16-6-4-3-5-15(16)19(20)21/h3-10,13,17-18H,11H2,1-2H3. The van der Waals surface area contributed by atoms with Crippen molar-refractivity contribution in [2.75, 3.05) is 6.54 Å². The monoisotopic (exact) mass is 413 g/mol. The molecule has 2 aromatic rings. The largest absolute Gasteiger partial charge is 0.289 e. The van der Waals surface area contributed by atoms with Crippen molar-refractivity contribution in [3.05, 3.63) is 64.2 Å². The first-order valence-electron chi connectivity index (χ1n) is 7.85. The van der Waals surface area contributed by atoms with E-state index in [0.717, 1.165) is 17.7 Å². The second-order valence-corrected chi connectivity index (χ2v) is 9.36. The minimum atomic E-state index is -4.20. The zero-order valence-corrected chi connectivity index (χ0v) is 16.2. The first-order chi connectivity index (χ1) is 12.5. The number of aryl methyl sites for hydroxylation is 1. The lowest BCUT2D eigenvalue weighted by molar-refractivity contribution is -0.387. The van der Waals surface area contributed by atoms with Crippen molar-refractivity contribution in [2.45, 2.75) is 29.7 Å². The molecule has 0 aliphatic heterocycles. The Hall–Kier alpha value is -2.34. The van der Waals surface area contributed by atoms with Gasteiger partial charge in [-0.05, 0) is 32.0 Å². The van der Waals surface area contributed by atoms with E-state index in [1.54, 1.807) is 12.1 Å². The second-order valence-electron chi connectivity index (χ2n) is 5.91. The Labute approximate surface area is 157 Å². The number of para-hydroxylation sites is 1. The molecule has 11 heteroatoms. The molecule has 27 heavy (non-hydrogen) atoms. The minimum Gasteiger partial charge on any atom is -0.258 e. The Morgan fingerprint density at radius 1 is 1.00 bits per heavy atom. The van der Waals surface area contributed by atoms with Crippen LogP contribution >= 0.6 is 0 Å². The maximum atomic E-state index is 12.4. The minimum absolute atomic E-state index is 0.0573. The maximum absolute atomic E-state index is 12.4. The molecule has 0 fully saturated rings. The van der Waals surface area contributed by atoms with Gasteiger partial charge in [-0.15, -0.1) is 0 Å². The summed E-state index contributed by atoms with van der Waals surface area (Å²) in [6, 6.07) is 10.3. The van der Waals surface area contributed by atoms with Gasteiger partial charge in [0.2, 0.25) is 20.0 Å². The Kier molecular flexibility index (Phi) is 6.31. The van der Waals surface area contributed by atoms with Gasteiger partial charge in [0, 0.05) is 18.7 Å². The molecule has 146 valence electrons. The quantitative estimate of drug-likeness (QED) is 0.498. The number of benzene rings is 2. The molecule has 0 aliphatic carbocycles. The molecule has 0 spiro atoms. The van der Waals surface area contributed by atoms with Gasteiger partial charge >= 0.3 is 0 Å². The first-order valence-corrected chi connectivity index (χ1v) is 10.8. The Bertz CT molecular complexity index is 1030. The summed E-state index contributed by atoms with van der Waals surface area (Å²) in [5.74, 6) is 0. The number of hydrogen-bond donors (Lipinski definition) is 2. The van der Waals surface area contributed by atoms with Crippen LogP contribution in [-0.2, 0) is 20.0 Å². The fourth-order valence-electron chi connectivity index (χ4n) is 2.24. The van der Waals surface area contributed by atoms with E-state index >= 15 is 0 Å². The Balaban J connectivity index is 2.10. The molecule has 2 aromatic carbocycles. The van der Waals surface area contributed by atoms with Gasteiger partial charge < -0.3 is 0 Å². The molecule has 0 saturated heterocycles. The number of rotatable bonds is 8. The van der Waals surface area contributed by atoms with E-state index in [-0.39, 0.29) is 11.4 Å². The molecule has 1 atom stereocenters. The maximum Gasteiger partial charge on any atom is 0.289 e. The van der Waals surface area contributed by atoms with Gasteiger partial charge in [0.25, 0.3) is 5.69 Å². The van der Waals surface area contributed by atoms with Crippen molar-refractivity contribution in [3.63, 3.8) is 0 Å². The van der Waals surface area contributed by atoms with Gasteiger partial charge in [0.15, 0.2) is 4.90 Å². The lowest BCUT2D eigenvalue weighted by Gasteiger charge is -2.15. The van der Waals surface area contributed by atoms with E-state index in [9.17, 15) is 26.9 Å². The van der Waals surface area contributed by atoms with E-state index in [1.165, 1.54) is 31.2 Å². The van der Waals surface area contributed by atoms with Crippen molar-refractivity contribution < 1.29 is 21.8 Å². The van der Waals surface area contributed by atoms with Crippen LogP contribution in [0.15, 0.2) is 58.3 Å². The topological polar surface area (TPSA) is 135 Å². The van der Waals surface area contributed by atoms with E-state index in [2.05, 4.69) is 9.44 Å². The van der Waals surface area contributed by atoms with Crippen LogP contribution in [0.25, 0.3) is 0 Å². The van der Waals surface area contributed by atoms with Crippen LogP contribution in [0, 0.1) is 17.0 Å². The highest BCUT2D eigenvalue weighted by molar-refractivity contribution is 7.90. The predicted octanol–water partition coefficient (Wildman–Crippen LogP) is 1.55. The summed E-state index contributed by atoms with van der Waals surface area (Å²) in [6.45, 7) is 3.05. The third-order valence-electron chi connectivity index (χ3n) is 3.62. The van der Waals surface area contributed by atoms with Gasteiger partial charge in [-0.1, -0.05) is 29.8 Å². The molecule has 0 amide bonds. The lowest BCUT2D eigenvalue weighted by Crippen LogP contribution is -2.41. The average Bonchev–Trinajstić information content (AvgIpc) is 2.60. The summed E-state index contributed by atoms with van der Waals surface area (Å²) in [5.41, 5.74) is 0.344. The van der Waals surface area contributed by atoms with Crippen molar-refractivity contribution in [1.29, 1.82) is 0 Å². The lowest BCUT2D eigenvalue weighted by atomic mass is 10.2. The summed E-state index contributed by atoms with van der Waals surface area (Å²) < 4.78 is 53.9. The number of nitrogens with zero attached hydrogens (tertiary/aromatic N) is 1. The van der Waals surface area contributed by atoms with Crippen molar-refractivity contribution >= 4 is 25.7 Å². The highest BCUT2D eigenvalue weighted by Gasteiger charge is 2.27. The third kappa shape index (κ3) is 5.32. The molecule has 0 saturated carbocycles. The number of nitro groups is 1. The van der Waals surface area contributed by atoms with Crippen LogP contribution in [0.1, 0.15) is 12.5 Å². The summed E-state index contributed by atoms with van der Waals surface area (Å²) in [6.07, 6.45) is 0. The van der Waals surface area contributed by atoms with Crippen LogP contribution in [0.2, 0.25) is 0 Å². The smallest absolute Gasteiger partial charge is 0.258 e. The van der Waals surface area contributed by atoms with E-state index in [0.29, 0.717) is 0 Å². The molecule has 0 aromatic heterocycles. The van der Waals surface area contributed by atoms with Crippen LogP contribution in [-0.4, -0.2) is 34.3 Å². The summed E-state index contributed by atoms with van der Waals surface area (Å²) >= 11 is 0. The fourth-order valence-corrected chi connectivity index (χ4v) is 4.79. The second kappa shape index (κ2) is 8.13. The Morgan fingerprint density at radius 2 is 1.59 bits per heavy atom. The predicted molar refractivity (Wildman–Crippen MR) is 99.2 cm³/mol. The van der Waals surface area contributed by atoms with E-state index < -0.39 is 41.6 Å². The number of sulfonamides is 2. The molecule has 1 unspecified atom stereocenters. The highest BCUT2D eigenvalue weighted by atomic mass is 32.2. The zero-order chi connectivity index (χ0) is 20.2. The first kappa shape index (κ1) is 21.0. The molecule has 0 bridgehead atoms. The van der Waals surface area contributed by atoms with Crippen LogP contribution in [0.3, 0.4) is 0 Å². The molecule has 0 radical (unpaired) electrons. The fraction of sp³-hybridized carbons (Fsp3) is 0.250. The van der Waals surface area contributed by atoms with Crippen molar-refractivity contribution in [2.24, 2.45) is 0 Å². The van der Waals surface area contributed by atoms with Crippen molar-refractivity contribution in [1.82, 2.24) is 9.44 Å². The molecule has 9 nitrogen and oxygen atoms in total. The molecule has 0 heterocycles. The highest BCUT2D eigenvalue weighted by Crippen LogP contribution is 2.22. The van der Waals surface area contributed by atoms with Gasteiger partial charge in [0.1, 0.15) is 0 Å². The Morgan fingerprint density at radius 3 is 2.19 bits per heavy atom. The summed E-state index contributed by atoms with van der Waals surface area (Å²) in [5, 5.41) is 11.0. The van der Waals surface area contributed by atoms with E-state index in [4.69, 9.17) is 0 Å². The molecule has 2 rings (SSSR count). The normalized spacial score (nSPS) is 13.3. The molecule has 0 aliphatic rings. The molecular weight excluding hydrogens is 394 g/mol. The van der Waals surface area contributed by atoms with Gasteiger partial charge in [0.05, 0.1) is 9.82 Å². The number of nitro benzene ring substituents is 1. The number of nitrogens with one attached hydrogen (secondary N) is 2. The number of hydrogen-bond acceptors (Lipinski definition) is 6. The van der Waals surface area contributed by atoms with Crippen LogP contribution in [0.4, 0.5) is 5.69 Å². The molecular formula is C16H19N3O6S2. The van der Waals surface area contributed by atoms with E-state index in [1.807, 2.05) is 6.92 Å². The average molecular weight is 413 g/mol. The van der Waals surface area contributed by atoms with Gasteiger partial charge in [-0.2, -0.15) is 0 Å². The SMILES string of the molecule is Cc1ccc(S(=O)(=O)NCC(C)NS(=O)(=O)c2ccccc2[N+](=O)[O-])cc1. The van der Waals surface area contributed by atoms with Crippen LogP contribution < -0.4 is 9.44 Å². The van der Waals surface area contributed by atoms with Crippen LogP contribution in [0.5, 0.6) is 0 Å². The van der Waals surface area contributed by atoms with Gasteiger partial charge in [-0.3, -0.25) is 10.1 Å². The third-order valence-corrected chi connectivity index (χ3v) is 6.70. The summed E-state index contributed by atoms with van der Waals surface area (Å²) in [7, 11) is -8.01. The van der Waals surface area contributed by atoms with Gasteiger partial charge in [-0.25, -0.2) is 26.3 Å². The summed E-state index contributed by atoms with van der Waals surface area (Å²) in [4.78, 5) is 9.80. The van der Waals surface area contributed by atoms with Crippen molar-refractivity contribution in [3.8, 4) is 0 Å². The zero-order valence-electron chi connectivity index (χ0n) is 14.6.